The van der Waals surface area contributed by atoms with Crippen LogP contribution in [0.15, 0.2) is 65.8 Å². The fourth-order valence-corrected chi connectivity index (χ4v) is 20.9. The summed E-state index contributed by atoms with van der Waals surface area (Å²) in [5, 5.41) is 4.98. The van der Waals surface area contributed by atoms with Gasteiger partial charge in [-0.15, -0.1) is 0 Å². The molecule has 0 heterocycles. The van der Waals surface area contributed by atoms with E-state index in [1.807, 2.05) is 36.4 Å². The van der Waals surface area contributed by atoms with Crippen molar-refractivity contribution in [3.8, 4) is 0 Å². The van der Waals surface area contributed by atoms with Crippen molar-refractivity contribution in [2.75, 3.05) is 34.5 Å². The highest BCUT2D eigenvalue weighted by Crippen LogP contribution is 2.44. The second kappa shape index (κ2) is 47.4. The van der Waals surface area contributed by atoms with Crippen molar-refractivity contribution in [3.05, 3.63) is 36.4 Å². The van der Waals surface area contributed by atoms with E-state index in [4.69, 9.17) is 0 Å². The summed E-state index contributed by atoms with van der Waals surface area (Å²) in [5.41, 5.74) is 0. The molecule has 0 saturated carbocycles. The van der Waals surface area contributed by atoms with Gasteiger partial charge in [-0.1, -0.05) is 234 Å². The number of rotatable bonds is 54. The lowest BCUT2D eigenvalue weighted by atomic mass is 9.94. The molecule has 84 heavy (non-hydrogen) atoms. The van der Waals surface area contributed by atoms with Gasteiger partial charge < -0.3 is 27.3 Å². The molecule has 480 valence electrons. The lowest BCUT2D eigenvalue weighted by Crippen LogP contribution is -2.17. The minimum absolute atomic E-state index is 0.484. The highest BCUT2D eigenvalue weighted by Gasteiger charge is 2.33. The smallest absolute Gasteiger partial charge is 0.208 e. The summed E-state index contributed by atoms with van der Waals surface area (Å²) in [6.07, 6.45) is 46.6. The van der Waals surface area contributed by atoms with E-state index in [9.17, 15) is 0 Å². The Morgan fingerprint density at radius 3 is 0.405 bits per heavy atom. The first-order valence-electron chi connectivity index (χ1n) is 34.9. The zero-order chi connectivity index (χ0) is 60.6. The second-order valence-electron chi connectivity index (χ2n) is 24.6. The zero-order valence-corrected chi connectivity index (χ0v) is 59.2. The van der Waals surface area contributed by atoms with E-state index in [0.717, 1.165) is 148 Å². The zero-order valence-electron chi connectivity index (χ0n) is 54.3. The number of fused-ring (bicyclic) bond motifs is 6. The van der Waals surface area contributed by atoms with Crippen LogP contribution in [-0.4, -0.2) is 61.8 Å². The molecule has 4 aromatic rings. The minimum Gasteiger partial charge on any atom is -0.611 e. The fraction of sp³-hybridized carbons (Fsp3) is 0.750. The van der Waals surface area contributed by atoms with E-state index in [2.05, 4.69) is 41.5 Å². The molecular weight excluding hydrogens is 1150 g/mol. The predicted octanol–water partition coefficient (Wildman–Crippen LogP) is 22.3. The van der Waals surface area contributed by atoms with Crippen molar-refractivity contribution in [1.29, 1.82) is 0 Å². The number of unbranched alkanes of at least 4 members (excludes halogenated alkanes) is 36. The first-order chi connectivity index (χ1) is 41.1. The third-order valence-corrected chi connectivity index (χ3v) is 26.5. The van der Waals surface area contributed by atoms with Gasteiger partial charge in [-0.3, -0.25) is 0 Å². The molecule has 4 rings (SSSR count). The first kappa shape index (κ1) is 76.0. The quantitative estimate of drug-likeness (QED) is 0.0245. The summed E-state index contributed by atoms with van der Waals surface area (Å²) in [6, 6.07) is 12.3. The largest absolute Gasteiger partial charge is 0.611 e. The van der Waals surface area contributed by atoms with Crippen LogP contribution in [0.3, 0.4) is 0 Å². The van der Waals surface area contributed by atoms with Crippen LogP contribution in [0.5, 0.6) is 0 Å². The fourth-order valence-electron chi connectivity index (χ4n) is 11.9. The molecule has 0 spiro atoms. The third-order valence-electron chi connectivity index (χ3n) is 17.2. The van der Waals surface area contributed by atoms with Gasteiger partial charge in [0.2, 0.25) is 29.4 Å². The number of hydrogen-bond acceptors (Lipinski definition) is 6. The van der Waals surface area contributed by atoms with Crippen molar-refractivity contribution in [2.24, 2.45) is 0 Å². The summed E-state index contributed by atoms with van der Waals surface area (Å²) in [7, 11) is 0. The Bertz CT molecular complexity index is 1880. The normalized spacial score (nSPS) is 14.3. The lowest BCUT2D eigenvalue weighted by Gasteiger charge is -2.22. The maximum atomic E-state index is 15.0. The van der Waals surface area contributed by atoms with Crippen LogP contribution in [0.1, 0.15) is 311 Å². The maximum absolute atomic E-state index is 15.0. The number of hydrogen-bond donors (Lipinski definition) is 0. The van der Waals surface area contributed by atoms with Crippen LogP contribution >= 0.6 is 0 Å². The van der Waals surface area contributed by atoms with E-state index in [0.29, 0.717) is 63.9 Å². The molecule has 0 aliphatic rings. The van der Waals surface area contributed by atoms with Gasteiger partial charge in [-0.25, -0.2) is 0 Å². The molecule has 0 aliphatic carbocycles. The molecule has 0 aliphatic heterocycles. The Balaban J connectivity index is 2.03. The van der Waals surface area contributed by atoms with Crippen LogP contribution in [0.25, 0.3) is 32.3 Å². The van der Waals surface area contributed by atoms with Gasteiger partial charge in [0.05, 0.1) is 0 Å². The van der Waals surface area contributed by atoms with Crippen molar-refractivity contribution in [1.82, 2.24) is 0 Å². The standard InChI is InChI=1S/C72H120O6S6/c1-7-13-19-25-31-37-43-49-79(73)67-55-61-62(56-68(67)80(74)50-44-38-32-26-20-14-8-2)64-58-70(82(76)52-46-40-34-28-22-16-10-4)72(84(78)54-48-42-36-30-24-18-12-6)60-66(64)65-59-71(83(77)53-47-41-35-29-23-17-11-5)69(57-63(61)65)81(75)51-45-39-33-27-21-15-9-3/h55-60H,7-54H2,1-6H3. The van der Waals surface area contributed by atoms with Gasteiger partial charge in [-0.05, 0) is 176 Å². The molecule has 6 atom stereocenters. The monoisotopic (exact) mass is 1270 g/mol. The highest BCUT2D eigenvalue weighted by molar-refractivity contribution is 7.95. The van der Waals surface area contributed by atoms with E-state index < -0.39 is 67.1 Å². The molecule has 12 heteroatoms. The van der Waals surface area contributed by atoms with Gasteiger partial charge in [0, 0.05) is 36.4 Å². The van der Waals surface area contributed by atoms with Gasteiger partial charge in [-0.2, -0.15) is 0 Å². The van der Waals surface area contributed by atoms with E-state index in [1.54, 1.807) is 0 Å². The van der Waals surface area contributed by atoms with Crippen LogP contribution in [-0.2, 0) is 67.1 Å². The van der Waals surface area contributed by atoms with E-state index in [1.165, 1.54) is 154 Å². The minimum atomic E-state index is -1.44. The lowest BCUT2D eigenvalue weighted by molar-refractivity contribution is 0.569. The van der Waals surface area contributed by atoms with E-state index >= 15 is 27.3 Å². The first-order valence-corrected chi connectivity index (χ1v) is 42.8. The number of benzene rings is 4. The van der Waals surface area contributed by atoms with Crippen molar-refractivity contribution in [3.63, 3.8) is 0 Å². The molecule has 0 N–H and O–H groups in total. The Hall–Kier alpha value is -0.480. The maximum Gasteiger partial charge on any atom is 0.208 e. The van der Waals surface area contributed by atoms with Crippen LogP contribution < -0.4 is 0 Å². The van der Waals surface area contributed by atoms with Crippen LogP contribution in [0.2, 0.25) is 0 Å². The summed E-state index contributed by atoms with van der Waals surface area (Å²) in [4.78, 5) is 3.68. The van der Waals surface area contributed by atoms with E-state index in [-0.39, 0.29) is 0 Å². The average Bonchev–Trinajstić information content (AvgIpc) is 0.909. The topological polar surface area (TPSA) is 138 Å². The molecule has 0 saturated heterocycles. The molecule has 0 radical (unpaired) electrons. The predicted molar refractivity (Wildman–Crippen MR) is 375 cm³/mol. The Labute approximate surface area is 534 Å². The molecule has 4 aromatic carbocycles. The summed E-state index contributed by atoms with van der Waals surface area (Å²) in [5.74, 6) is 2.90. The van der Waals surface area contributed by atoms with Gasteiger partial charge in [0.1, 0.15) is 34.5 Å². The van der Waals surface area contributed by atoms with Gasteiger partial charge >= 0.3 is 0 Å². The summed E-state index contributed by atoms with van der Waals surface area (Å²) < 4.78 is 90.1. The van der Waals surface area contributed by atoms with Crippen LogP contribution in [0.4, 0.5) is 0 Å². The second-order valence-corrected chi connectivity index (χ2v) is 33.8. The SMILES string of the molecule is CCCCCCCCC[S+]([O-])c1cc2c3cc([S+]([O-])CCCCCCCCC)c([S+]([O-])CCCCCCCCC)cc3c3cc([S+]([O-])CCCCCCCCC)c([S+]([O-])CCCCCCCCC)cc3c2cc1[S+]([O-])CCCCCCCCC. The third kappa shape index (κ3) is 27.9. The average molecular weight is 1270 g/mol. The molecule has 0 amide bonds. The van der Waals surface area contributed by atoms with Gasteiger partial charge in [0.15, 0.2) is 0 Å². The highest BCUT2D eigenvalue weighted by atomic mass is 32.2. The summed E-state index contributed by atoms with van der Waals surface area (Å²) >= 11 is -8.64. The van der Waals surface area contributed by atoms with Crippen molar-refractivity contribution < 1.29 is 27.3 Å². The summed E-state index contributed by atoms with van der Waals surface area (Å²) in [6.45, 7) is 13.4. The van der Waals surface area contributed by atoms with Crippen LogP contribution in [0, 0.1) is 0 Å². The molecule has 6 unspecified atom stereocenters. The Morgan fingerprint density at radius 2 is 0.286 bits per heavy atom. The molecule has 6 nitrogen and oxygen atoms in total. The van der Waals surface area contributed by atoms with Crippen molar-refractivity contribution >= 4 is 99.4 Å². The molecule has 0 fully saturated rings. The Morgan fingerprint density at radius 1 is 0.179 bits per heavy atom. The van der Waals surface area contributed by atoms with Crippen molar-refractivity contribution in [2.45, 2.75) is 341 Å². The van der Waals surface area contributed by atoms with Gasteiger partial charge in [0.25, 0.3) is 0 Å². The molecule has 0 aromatic heterocycles. The molecule has 0 bridgehead atoms. The molecular formula is C72H120O6S6. The Kier molecular flexibility index (Phi) is 42.9.